The van der Waals surface area contributed by atoms with E-state index >= 15 is 0 Å². The molecule has 0 aliphatic carbocycles. The average Bonchev–Trinajstić information content (AvgIpc) is 2.60. The second-order valence-electron chi connectivity index (χ2n) is 6.23. The molecule has 140 valence electrons. The van der Waals surface area contributed by atoms with Crippen molar-refractivity contribution < 1.29 is 9.47 Å². The van der Waals surface area contributed by atoms with Gasteiger partial charge in [0.05, 0.1) is 12.9 Å². The highest BCUT2D eigenvalue weighted by Gasteiger charge is 1.92. The summed E-state index contributed by atoms with van der Waals surface area (Å²) in [6, 6.07) is 0. The standard InChI is InChI=1S/C22H40O2/c1-3-5-6-7-8-9-10-11-12-13-14-15-16-17-18-19-20-24-22-21-23-4-2/h4,8-9,11-12H,2-3,5-7,10,13-22H2,1H3. The van der Waals surface area contributed by atoms with Crippen LogP contribution in [-0.4, -0.2) is 19.8 Å². The van der Waals surface area contributed by atoms with Crippen LogP contribution in [0.2, 0.25) is 0 Å². The van der Waals surface area contributed by atoms with E-state index in [1.54, 1.807) is 0 Å². The second kappa shape index (κ2) is 22.0. The van der Waals surface area contributed by atoms with Gasteiger partial charge in [0.1, 0.15) is 6.61 Å². The Morgan fingerprint density at radius 3 is 1.96 bits per heavy atom. The van der Waals surface area contributed by atoms with Crippen LogP contribution in [0.25, 0.3) is 0 Å². The molecule has 0 aliphatic rings. The van der Waals surface area contributed by atoms with E-state index in [1.165, 1.54) is 76.9 Å². The van der Waals surface area contributed by atoms with Crippen molar-refractivity contribution in [1.29, 1.82) is 0 Å². The van der Waals surface area contributed by atoms with E-state index < -0.39 is 0 Å². The first-order valence-electron chi connectivity index (χ1n) is 10.0. The van der Waals surface area contributed by atoms with E-state index in [1.807, 2.05) is 0 Å². The summed E-state index contributed by atoms with van der Waals surface area (Å²) in [7, 11) is 0. The highest BCUT2D eigenvalue weighted by Crippen LogP contribution is 2.08. The first kappa shape index (κ1) is 23.0. The predicted molar refractivity (Wildman–Crippen MR) is 106 cm³/mol. The number of hydrogen-bond acceptors (Lipinski definition) is 2. The molecule has 0 unspecified atom stereocenters. The molecule has 2 nitrogen and oxygen atoms in total. The summed E-state index contributed by atoms with van der Waals surface area (Å²) in [6.07, 6.45) is 26.1. The van der Waals surface area contributed by atoms with Gasteiger partial charge in [-0.1, -0.05) is 76.3 Å². The van der Waals surface area contributed by atoms with Crippen LogP contribution in [0.3, 0.4) is 0 Å². The monoisotopic (exact) mass is 336 g/mol. The number of unbranched alkanes of at least 4 members (excludes halogenated alkanes) is 9. The Balaban J connectivity index is 3.11. The summed E-state index contributed by atoms with van der Waals surface area (Å²) >= 11 is 0. The quantitative estimate of drug-likeness (QED) is 0.144. The summed E-state index contributed by atoms with van der Waals surface area (Å²) in [5.41, 5.74) is 0. The van der Waals surface area contributed by atoms with Crippen LogP contribution < -0.4 is 0 Å². The van der Waals surface area contributed by atoms with Crippen molar-refractivity contribution in [2.75, 3.05) is 19.8 Å². The highest BCUT2D eigenvalue weighted by molar-refractivity contribution is 4.92. The first-order valence-corrected chi connectivity index (χ1v) is 10.0. The van der Waals surface area contributed by atoms with E-state index in [0.717, 1.165) is 13.0 Å². The molecular weight excluding hydrogens is 296 g/mol. The van der Waals surface area contributed by atoms with Crippen LogP contribution in [0.15, 0.2) is 37.1 Å². The summed E-state index contributed by atoms with van der Waals surface area (Å²) < 4.78 is 10.5. The molecule has 0 fully saturated rings. The maximum Gasteiger partial charge on any atom is 0.111 e. The zero-order valence-electron chi connectivity index (χ0n) is 16.0. The minimum absolute atomic E-state index is 0.617. The van der Waals surface area contributed by atoms with Crippen molar-refractivity contribution in [3.63, 3.8) is 0 Å². The molecule has 0 aliphatic heterocycles. The molecule has 0 aromatic carbocycles. The molecule has 0 aromatic heterocycles. The second-order valence-corrected chi connectivity index (χ2v) is 6.23. The smallest absolute Gasteiger partial charge is 0.111 e. The Morgan fingerprint density at radius 2 is 1.29 bits per heavy atom. The molecule has 0 saturated heterocycles. The number of rotatable bonds is 19. The lowest BCUT2D eigenvalue weighted by Crippen LogP contribution is -2.02. The third-order valence-electron chi connectivity index (χ3n) is 3.95. The van der Waals surface area contributed by atoms with Crippen molar-refractivity contribution in [1.82, 2.24) is 0 Å². The van der Waals surface area contributed by atoms with Crippen molar-refractivity contribution in [3.8, 4) is 0 Å². The predicted octanol–water partition coefficient (Wildman–Crippen LogP) is 6.98. The Bertz CT molecular complexity index is 294. The third-order valence-corrected chi connectivity index (χ3v) is 3.95. The summed E-state index contributed by atoms with van der Waals surface area (Å²) in [5, 5.41) is 0. The van der Waals surface area contributed by atoms with Gasteiger partial charge in [0, 0.05) is 6.61 Å². The van der Waals surface area contributed by atoms with Gasteiger partial charge in [0.25, 0.3) is 0 Å². The van der Waals surface area contributed by atoms with Gasteiger partial charge in [-0.15, -0.1) is 0 Å². The minimum atomic E-state index is 0.617. The molecule has 0 amide bonds. The topological polar surface area (TPSA) is 18.5 Å². The van der Waals surface area contributed by atoms with E-state index in [0.29, 0.717) is 13.2 Å². The molecule has 0 spiro atoms. The van der Waals surface area contributed by atoms with E-state index in [9.17, 15) is 0 Å². The maximum absolute atomic E-state index is 5.47. The molecule has 0 rings (SSSR count). The number of ether oxygens (including phenoxy) is 2. The summed E-state index contributed by atoms with van der Waals surface area (Å²) in [4.78, 5) is 0. The van der Waals surface area contributed by atoms with Crippen molar-refractivity contribution in [2.24, 2.45) is 0 Å². The SMILES string of the molecule is C=COCCOCCCCCCCCC=CCC=CCCCCC. The molecule has 0 atom stereocenters. The highest BCUT2D eigenvalue weighted by atomic mass is 16.5. The van der Waals surface area contributed by atoms with Crippen molar-refractivity contribution in [3.05, 3.63) is 37.1 Å². The molecule has 0 heterocycles. The Kier molecular flexibility index (Phi) is 21.0. The first-order chi connectivity index (χ1) is 11.9. The van der Waals surface area contributed by atoms with Gasteiger partial charge in [-0.3, -0.25) is 0 Å². The van der Waals surface area contributed by atoms with Crippen LogP contribution in [0, 0.1) is 0 Å². The molecule has 0 saturated carbocycles. The van der Waals surface area contributed by atoms with E-state index in [4.69, 9.17) is 9.47 Å². The normalized spacial score (nSPS) is 11.5. The van der Waals surface area contributed by atoms with Crippen LogP contribution >= 0.6 is 0 Å². The lowest BCUT2D eigenvalue weighted by atomic mass is 10.1. The van der Waals surface area contributed by atoms with Crippen LogP contribution in [0.5, 0.6) is 0 Å². The van der Waals surface area contributed by atoms with Gasteiger partial charge in [0.2, 0.25) is 0 Å². The fourth-order valence-electron chi connectivity index (χ4n) is 2.48. The maximum atomic E-state index is 5.47. The largest absolute Gasteiger partial charge is 0.499 e. The van der Waals surface area contributed by atoms with Gasteiger partial charge in [0.15, 0.2) is 0 Å². The average molecular weight is 337 g/mol. The number of allylic oxidation sites excluding steroid dienone is 4. The zero-order valence-corrected chi connectivity index (χ0v) is 16.0. The summed E-state index contributed by atoms with van der Waals surface area (Å²) in [6.45, 7) is 7.89. The van der Waals surface area contributed by atoms with Crippen molar-refractivity contribution in [2.45, 2.75) is 84.0 Å². The molecule has 0 bridgehead atoms. The van der Waals surface area contributed by atoms with Crippen LogP contribution in [0.1, 0.15) is 84.0 Å². The molecule has 0 N–H and O–H groups in total. The lowest BCUT2D eigenvalue weighted by molar-refractivity contribution is 0.0826. The fourth-order valence-corrected chi connectivity index (χ4v) is 2.48. The van der Waals surface area contributed by atoms with Gasteiger partial charge in [-0.05, 0) is 38.5 Å². The number of hydrogen-bond donors (Lipinski definition) is 0. The van der Waals surface area contributed by atoms with E-state index in [-0.39, 0.29) is 0 Å². The van der Waals surface area contributed by atoms with E-state index in [2.05, 4.69) is 37.8 Å². The van der Waals surface area contributed by atoms with Crippen molar-refractivity contribution >= 4 is 0 Å². The third kappa shape index (κ3) is 21.0. The zero-order chi connectivity index (χ0) is 17.6. The molecule has 0 radical (unpaired) electrons. The van der Waals surface area contributed by atoms with Crippen LogP contribution in [-0.2, 0) is 9.47 Å². The Labute approximate surface area is 151 Å². The lowest BCUT2D eigenvalue weighted by Gasteiger charge is -2.04. The minimum Gasteiger partial charge on any atom is -0.499 e. The Morgan fingerprint density at radius 1 is 0.667 bits per heavy atom. The van der Waals surface area contributed by atoms with Gasteiger partial charge < -0.3 is 9.47 Å². The summed E-state index contributed by atoms with van der Waals surface area (Å²) in [5.74, 6) is 0. The van der Waals surface area contributed by atoms with Crippen LogP contribution in [0.4, 0.5) is 0 Å². The van der Waals surface area contributed by atoms with Gasteiger partial charge in [-0.2, -0.15) is 0 Å². The fraction of sp³-hybridized carbons (Fsp3) is 0.727. The van der Waals surface area contributed by atoms with Gasteiger partial charge in [-0.25, -0.2) is 0 Å². The Hall–Kier alpha value is -1.02. The molecule has 2 heteroatoms. The molecule has 0 aromatic rings. The molecular formula is C22H40O2. The van der Waals surface area contributed by atoms with Gasteiger partial charge >= 0.3 is 0 Å². The molecule has 24 heavy (non-hydrogen) atoms.